The van der Waals surface area contributed by atoms with Crippen LogP contribution in [0.5, 0.6) is 0 Å². The zero-order chi connectivity index (χ0) is 14.1. The van der Waals surface area contributed by atoms with Crippen LogP contribution in [0.2, 0.25) is 0 Å². The van der Waals surface area contributed by atoms with Crippen molar-refractivity contribution in [2.24, 2.45) is 0 Å². The molecule has 1 saturated heterocycles. The molecule has 2 heterocycles. The van der Waals surface area contributed by atoms with Crippen LogP contribution in [0.3, 0.4) is 0 Å². The average Bonchev–Trinajstić information content (AvgIpc) is 2.95. The highest BCUT2D eigenvalue weighted by Crippen LogP contribution is 2.21. The summed E-state index contributed by atoms with van der Waals surface area (Å²) in [5, 5.41) is 10.0. The molecule has 1 aromatic carbocycles. The maximum Gasteiger partial charge on any atom is 0.326 e. The second kappa shape index (κ2) is 4.92. The Morgan fingerprint density at radius 3 is 2.90 bits per heavy atom. The molecule has 0 spiro atoms. The fourth-order valence-electron chi connectivity index (χ4n) is 2.62. The molecule has 0 saturated carbocycles. The Kier molecular flexibility index (Phi) is 3.10. The van der Waals surface area contributed by atoms with Crippen LogP contribution in [0.1, 0.15) is 23.2 Å². The Hall–Kier alpha value is -2.43. The minimum Gasteiger partial charge on any atom is -0.480 e. The fraction of sp³-hybridized carbons (Fsp3) is 0.267. The standard InChI is InChI=1S/C15H14N2O3/c18-14(17-7-3-6-13(17)15(19)20)11-8-10-4-1-2-5-12(10)16-9-11/h1-2,4-5,8-9,13H,3,6-7H2,(H,19,20)/t13-/m0/s1. The molecule has 1 amide bonds. The van der Waals surface area contributed by atoms with Crippen LogP contribution >= 0.6 is 0 Å². The van der Waals surface area contributed by atoms with Gasteiger partial charge in [0, 0.05) is 18.1 Å². The first-order valence-corrected chi connectivity index (χ1v) is 6.55. The second-order valence-corrected chi connectivity index (χ2v) is 4.91. The Morgan fingerprint density at radius 1 is 1.30 bits per heavy atom. The number of carbonyl (C=O) groups excluding carboxylic acids is 1. The Balaban J connectivity index is 1.94. The molecule has 2 aromatic rings. The number of nitrogens with zero attached hydrogens (tertiary/aromatic N) is 2. The molecule has 1 N–H and O–H groups in total. The zero-order valence-electron chi connectivity index (χ0n) is 10.8. The predicted molar refractivity (Wildman–Crippen MR) is 73.4 cm³/mol. The van der Waals surface area contributed by atoms with Crippen LogP contribution < -0.4 is 0 Å². The number of para-hydroxylation sites is 1. The molecule has 0 unspecified atom stereocenters. The molecule has 0 aliphatic carbocycles. The van der Waals surface area contributed by atoms with E-state index in [1.54, 1.807) is 6.07 Å². The van der Waals surface area contributed by atoms with E-state index in [9.17, 15) is 9.59 Å². The predicted octanol–water partition coefficient (Wildman–Crippen LogP) is 1.92. The zero-order valence-corrected chi connectivity index (χ0v) is 10.8. The van der Waals surface area contributed by atoms with E-state index in [0.29, 0.717) is 18.5 Å². The Morgan fingerprint density at radius 2 is 2.10 bits per heavy atom. The van der Waals surface area contributed by atoms with Gasteiger partial charge in [-0.1, -0.05) is 18.2 Å². The number of carbonyl (C=O) groups is 2. The molecule has 1 aliphatic rings. The fourth-order valence-corrected chi connectivity index (χ4v) is 2.62. The number of carboxylic acids is 1. The van der Waals surface area contributed by atoms with Crippen LogP contribution in [0, 0.1) is 0 Å². The number of benzene rings is 1. The molecule has 1 atom stereocenters. The number of rotatable bonds is 2. The normalized spacial score (nSPS) is 18.4. The molecule has 5 nitrogen and oxygen atoms in total. The monoisotopic (exact) mass is 270 g/mol. The van der Waals surface area contributed by atoms with Crippen molar-refractivity contribution in [2.75, 3.05) is 6.54 Å². The van der Waals surface area contributed by atoms with Crippen molar-refractivity contribution < 1.29 is 14.7 Å². The summed E-state index contributed by atoms with van der Waals surface area (Å²) in [5.41, 5.74) is 1.26. The van der Waals surface area contributed by atoms with Crippen molar-refractivity contribution in [1.29, 1.82) is 0 Å². The second-order valence-electron chi connectivity index (χ2n) is 4.91. The molecule has 3 rings (SSSR count). The van der Waals surface area contributed by atoms with Gasteiger partial charge in [0.25, 0.3) is 5.91 Å². The highest BCUT2D eigenvalue weighted by Gasteiger charge is 2.34. The third-order valence-electron chi connectivity index (χ3n) is 3.64. The molecule has 1 aromatic heterocycles. The van der Waals surface area contributed by atoms with E-state index in [0.717, 1.165) is 17.3 Å². The van der Waals surface area contributed by atoms with Gasteiger partial charge < -0.3 is 10.0 Å². The number of likely N-dealkylation sites (tertiary alicyclic amines) is 1. The summed E-state index contributed by atoms with van der Waals surface area (Å²) >= 11 is 0. The topological polar surface area (TPSA) is 70.5 Å². The van der Waals surface area contributed by atoms with Crippen molar-refractivity contribution in [2.45, 2.75) is 18.9 Å². The first kappa shape index (κ1) is 12.6. The summed E-state index contributed by atoms with van der Waals surface area (Å²) in [6.45, 7) is 0.489. The van der Waals surface area contributed by atoms with Crippen LogP contribution in [0.4, 0.5) is 0 Å². The number of fused-ring (bicyclic) bond motifs is 1. The average molecular weight is 270 g/mol. The molecule has 20 heavy (non-hydrogen) atoms. The largest absolute Gasteiger partial charge is 0.480 e. The van der Waals surface area contributed by atoms with Gasteiger partial charge in [-0.3, -0.25) is 9.78 Å². The quantitative estimate of drug-likeness (QED) is 0.905. The van der Waals surface area contributed by atoms with Crippen LogP contribution in [-0.4, -0.2) is 39.5 Å². The van der Waals surface area contributed by atoms with Gasteiger partial charge in [0.05, 0.1) is 11.1 Å². The van der Waals surface area contributed by atoms with Crippen LogP contribution in [0.25, 0.3) is 10.9 Å². The number of carboxylic acid groups (broad SMARTS) is 1. The summed E-state index contributed by atoms with van der Waals surface area (Å²) < 4.78 is 0. The minimum absolute atomic E-state index is 0.256. The number of pyridine rings is 1. The van der Waals surface area contributed by atoms with Crippen molar-refractivity contribution in [3.8, 4) is 0 Å². The lowest BCUT2D eigenvalue weighted by Crippen LogP contribution is -2.40. The van der Waals surface area contributed by atoms with E-state index in [-0.39, 0.29) is 5.91 Å². The van der Waals surface area contributed by atoms with Crippen molar-refractivity contribution in [1.82, 2.24) is 9.88 Å². The molecule has 5 heteroatoms. The maximum absolute atomic E-state index is 12.4. The van der Waals surface area contributed by atoms with Crippen molar-refractivity contribution >= 4 is 22.8 Å². The summed E-state index contributed by atoms with van der Waals surface area (Å²) in [4.78, 5) is 29.3. The van der Waals surface area contributed by atoms with Gasteiger partial charge >= 0.3 is 5.97 Å². The Labute approximate surface area is 115 Å². The van der Waals surface area contributed by atoms with E-state index >= 15 is 0 Å². The van der Waals surface area contributed by atoms with Crippen molar-refractivity contribution in [3.05, 3.63) is 42.1 Å². The van der Waals surface area contributed by atoms with Gasteiger partial charge in [0.15, 0.2) is 0 Å². The number of hydrogen-bond donors (Lipinski definition) is 1. The first-order chi connectivity index (χ1) is 9.66. The van der Waals surface area contributed by atoms with Gasteiger partial charge in [0.1, 0.15) is 6.04 Å². The SMILES string of the molecule is O=C(O)[C@@H]1CCCN1C(=O)c1cnc2ccccc2c1. The van der Waals surface area contributed by atoms with E-state index < -0.39 is 12.0 Å². The van der Waals surface area contributed by atoms with Gasteiger partial charge in [-0.15, -0.1) is 0 Å². The van der Waals surface area contributed by atoms with Crippen LogP contribution in [-0.2, 0) is 4.79 Å². The van der Waals surface area contributed by atoms with E-state index in [2.05, 4.69) is 4.98 Å². The lowest BCUT2D eigenvalue weighted by molar-refractivity contribution is -0.141. The molecular formula is C15H14N2O3. The molecule has 1 aliphatic heterocycles. The van der Waals surface area contributed by atoms with E-state index in [1.165, 1.54) is 11.1 Å². The molecule has 102 valence electrons. The minimum atomic E-state index is -0.940. The lowest BCUT2D eigenvalue weighted by atomic mass is 10.1. The van der Waals surface area contributed by atoms with Crippen molar-refractivity contribution in [3.63, 3.8) is 0 Å². The number of aliphatic carboxylic acids is 1. The van der Waals surface area contributed by atoms with E-state index in [4.69, 9.17) is 5.11 Å². The third kappa shape index (κ3) is 2.11. The molecule has 0 radical (unpaired) electrons. The van der Waals surface area contributed by atoms with Gasteiger partial charge in [-0.05, 0) is 25.0 Å². The third-order valence-corrected chi connectivity index (χ3v) is 3.64. The maximum atomic E-state index is 12.4. The molecular weight excluding hydrogens is 256 g/mol. The highest BCUT2D eigenvalue weighted by atomic mass is 16.4. The van der Waals surface area contributed by atoms with Crippen LogP contribution in [0.15, 0.2) is 36.5 Å². The lowest BCUT2D eigenvalue weighted by Gasteiger charge is -2.21. The molecule has 0 bridgehead atoms. The summed E-state index contributed by atoms with van der Waals surface area (Å²) in [7, 11) is 0. The summed E-state index contributed by atoms with van der Waals surface area (Å²) in [6, 6.07) is 8.58. The van der Waals surface area contributed by atoms with Gasteiger partial charge in [-0.25, -0.2) is 4.79 Å². The number of hydrogen-bond acceptors (Lipinski definition) is 3. The summed E-state index contributed by atoms with van der Waals surface area (Å²) in [5.74, 6) is -1.20. The number of aromatic nitrogens is 1. The molecule has 1 fully saturated rings. The highest BCUT2D eigenvalue weighted by molar-refractivity contribution is 5.99. The van der Waals surface area contributed by atoms with Gasteiger partial charge in [0.2, 0.25) is 0 Å². The summed E-state index contributed by atoms with van der Waals surface area (Å²) in [6.07, 6.45) is 2.76. The van der Waals surface area contributed by atoms with E-state index in [1.807, 2.05) is 24.3 Å². The number of amides is 1. The smallest absolute Gasteiger partial charge is 0.326 e. The Bertz CT molecular complexity index is 684. The van der Waals surface area contributed by atoms with Gasteiger partial charge in [-0.2, -0.15) is 0 Å². The first-order valence-electron chi connectivity index (χ1n) is 6.55.